The SMILES string of the molecule is O=C1c2ccccc2OCC12SSC1(COc3ccccc3C1=O)S2. The van der Waals surface area contributed by atoms with E-state index in [4.69, 9.17) is 9.47 Å². The first-order valence-electron chi connectivity index (χ1n) is 7.74. The predicted octanol–water partition coefficient (Wildman–Crippen LogP) is 4.06. The van der Waals surface area contributed by atoms with Crippen LogP contribution in [-0.4, -0.2) is 32.9 Å². The summed E-state index contributed by atoms with van der Waals surface area (Å²) in [6.07, 6.45) is 0. The number of hydrogen-bond donors (Lipinski definition) is 0. The lowest BCUT2D eigenvalue weighted by molar-refractivity contribution is 0.0920. The van der Waals surface area contributed by atoms with Crippen LogP contribution in [0.1, 0.15) is 20.7 Å². The van der Waals surface area contributed by atoms with Crippen LogP contribution in [0.2, 0.25) is 0 Å². The molecule has 7 heteroatoms. The Balaban J connectivity index is 1.52. The van der Waals surface area contributed by atoms with Gasteiger partial charge in [-0.15, -0.1) is 11.8 Å². The number of carbonyl (C=O) groups is 2. The smallest absolute Gasteiger partial charge is 0.197 e. The highest BCUT2D eigenvalue weighted by Gasteiger charge is 2.62. The first-order chi connectivity index (χ1) is 12.1. The number of benzene rings is 2. The minimum atomic E-state index is -0.815. The molecule has 3 heterocycles. The van der Waals surface area contributed by atoms with Crippen molar-refractivity contribution in [1.29, 1.82) is 0 Å². The minimum Gasteiger partial charge on any atom is -0.490 e. The van der Waals surface area contributed by atoms with Gasteiger partial charge in [0.25, 0.3) is 0 Å². The number of hydrogen-bond acceptors (Lipinski definition) is 7. The van der Waals surface area contributed by atoms with Gasteiger partial charge in [-0.25, -0.2) is 0 Å². The van der Waals surface area contributed by atoms with E-state index in [1.807, 2.05) is 24.3 Å². The van der Waals surface area contributed by atoms with E-state index in [9.17, 15) is 9.59 Å². The number of para-hydroxylation sites is 2. The predicted molar refractivity (Wildman–Crippen MR) is 101 cm³/mol. The van der Waals surface area contributed by atoms with E-state index < -0.39 is 8.16 Å². The van der Waals surface area contributed by atoms with Crippen LogP contribution in [0, 0.1) is 0 Å². The fraction of sp³-hybridized carbons (Fsp3) is 0.222. The van der Waals surface area contributed by atoms with Gasteiger partial charge in [-0.2, -0.15) is 0 Å². The Kier molecular flexibility index (Phi) is 3.42. The van der Waals surface area contributed by atoms with Gasteiger partial charge in [-0.3, -0.25) is 9.59 Å². The normalized spacial score (nSPS) is 29.9. The Labute approximate surface area is 156 Å². The second kappa shape index (κ2) is 5.46. The van der Waals surface area contributed by atoms with E-state index in [2.05, 4.69) is 0 Å². The topological polar surface area (TPSA) is 52.6 Å². The van der Waals surface area contributed by atoms with Gasteiger partial charge in [0, 0.05) is 0 Å². The zero-order chi connectivity index (χ0) is 17.1. The van der Waals surface area contributed by atoms with E-state index >= 15 is 0 Å². The summed E-state index contributed by atoms with van der Waals surface area (Å²) >= 11 is 1.38. The van der Waals surface area contributed by atoms with Gasteiger partial charge in [0.05, 0.1) is 11.1 Å². The van der Waals surface area contributed by atoms with E-state index in [1.54, 1.807) is 24.3 Å². The van der Waals surface area contributed by atoms with Crippen molar-refractivity contribution in [3.63, 3.8) is 0 Å². The van der Waals surface area contributed by atoms with Crippen LogP contribution in [0.25, 0.3) is 0 Å². The van der Waals surface area contributed by atoms with Gasteiger partial charge in [-0.1, -0.05) is 45.9 Å². The van der Waals surface area contributed by atoms with Gasteiger partial charge in [0.2, 0.25) is 0 Å². The third-order valence-electron chi connectivity index (χ3n) is 4.43. The molecule has 0 aliphatic carbocycles. The molecule has 2 spiro atoms. The van der Waals surface area contributed by atoms with Crippen LogP contribution in [-0.2, 0) is 0 Å². The fourth-order valence-electron chi connectivity index (χ4n) is 3.16. The maximum atomic E-state index is 13.1. The molecule has 25 heavy (non-hydrogen) atoms. The molecule has 0 saturated carbocycles. The summed E-state index contributed by atoms with van der Waals surface area (Å²) in [5, 5.41) is 0. The summed E-state index contributed by atoms with van der Waals surface area (Å²) in [5.41, 5.74) is 1.16. The first kappa shape index (κ1) is 15.7. The molecule has 2 unspecified atom stereocenters. The highest BCUT2D eigenvalue weighted by Crippen LogP contribution is 2.68. The van der Waals surface area contributed by atoms with E-state index in [0.717, 1.165) is 0 Å². The van der Waals surface area contributed by atoms with Gasteiger partial charge >= 0.3 is 0 Å². The molecule has 1 fully saturated rings. The van der Waals surface area contributed by atoms with Crippen LogP contribution < -0.4 is 9.47 Å². The summed E-state index contributed by atoms with van der Waals surface area (Å²) < 4.78 is 10.1. The summed E-state index contributed by atoms with van der Waals surface area (Å²) in [5.74, 6) is 1.25. The molecule has 5 rings (SSSR count). The third kappa shape index (κ3) is 2.19. The summed E-state index contributed by atoms with van der Waals surface area (Å²) in [7, 11) is 2.85. The number of Topliss-reactive ketones (excluding diaryl/α,β-unsaturated/α-hetero) is 2. The molecule has 1 saturated heterocycles. The van der Waals surface area contributed by atoms with Crippen molar-refractivity contribution in [2.45, 2.75) is 8.16 Å². The van der Waals surface area contributed by atoms with Gasteiger partial charge in [0.1, 0.15) is 24.7 Å². The monoisotopic (exact) mass is 388 g/mol. The molecular formula is C18H12O4S3. The maximum Gasteiger partial charge on any atom is 0.197 e. The van der Waals surface area contributed by atoms with Crippen LogP contribution in [0.3, 0.4) is 0 Å². The second-order valence-corrected chi connectivity index (χ2v) is 10.8. The summed E-state index contributed by atoms with van der Waals surface area (Å²) in [4.78, 5) is 26.3. The Bertz CT molecular complexity index is 841. The number of ketones is 2. The Morgan fingerprint density at radius 1 is 0.720 bits per heavy atom. The highest BCUT2D eigenvalue weighted by molar-refractivity contribution is 8.84. The zero-order valence-electron chi connectivity index (χ0n) is 12.9. The number of fused-ring (bicyclic) bond motifs is 2. The van der Waals surface area contributed by atoms with Crippen molar-refractivity contribution < 1.29 is 19.1 Å². The van der Waals surface area contributed by atoms with Crippen molar-refractivity contribution in [2.24, 2.45) is 0 Å². The summed E-state index contributed by atoms with van der Waals surface area (Å²) in [6, 6.07) is 14.5. The molecule has 0 amide bonds. The Morgan fingerprint density at radius 2 is 1.16 bits per heavy atom. The van der Waals surface area contributed by atoms with Crippen LogP contribution >= 0.6 is 33.3 Å². The Morgan fingerprint density at radius 3 is 1.64 bits per heavy atom. The molecule has 4 nitrogen and oxygen atoms in total. The fourth-order valence-corrected chi connectivity index (χ4v) is 9.24. The molecule has 0 radical (unpaired) electrons. The van der Waals surface area contributed by atoms with Crippen molar-refractivity contribution in [3.8, 4) is 11.5 Å². The zero-order valence-corrected chi connectivity index (χ0v) is 15.3. The molecule has 2 aromatic carbocycles. The molecule has 3 aliphatic heterocycles. The van der Waals surface area contributed by atoms with Crippen LogP contribution in [0.5, 0.6) is 11.5 Å². The van der Waals surface area contributed by atoms with Crippen molar-refractivity contribution in [2.75, 3.05) is 13.2 Å². The molecule has 2 aromatic rings. The van der Waals surface area contributed by atoms with E-state index in [0.29, 0.717) is 22.6 Å². The van der Waals surface area contributed by atoms with E-state index in [-0.39, 0.29) is 24.8 Å². The standard InChI is InChI=1S/C18H12O4S3/c19-15-11-5-1-3-7-13(11)21-9-17(15)23-18(25-24-17)10-22-14-8-4-2-6-12(14)16(18)20/h1-8H,9-10H2. The largest absolute Gasteiger partial charge is 0.490 e. The molecule has 0 bridgehead atoms. The number of ether oxygens (including phenoxy) is 2. The maximum absolute atomic E-state index is 13.1. The number of rotatable bonds is 0. The van der Waals surface area contributed by atoms with Gasteiger partial charge in [-0.05, 0) is 24.3 Å². The number of carbonyl (C=O) groups excluding carboxylic acids is 2. The average molecular weight is 388 g/mol. The van der Waals surface area contributed by atoms with E-state index in [1.165, 1.54) is 33.3 Å². The van der Waals surface area contributed by atoms with Crippen molar-refractivity contribution in [1.82, 2.24) is 0 Å². The van der Waals surface area contributed by atoms with Crippen LogP contribution in [0.15, 0.2) is 48.5 Å². The quantitative estimate of drug-likeness (QED) is 0.631. The first-order valence-corrected chi connectivity index (χ1v) is 10.7. The molecule has 3 aliphatic rings. The minimum absolute atomic E-state index is 0.0142. The average Bonchev–Trinajstić information content (AvgIpc) is 3.03. The number of thioether (sulfide) groups is 1. The molecule has 0 N–H and O–H groups in total. The lowest BCUT2D eigenvalue weighted by atomic mass is 10.0. The molecule has 2 atom stereocenters. The Hall–Kier alpha value is -1.57. The molecule has 126 valence electrons. The lowest BCUT2D eigenvalue weighted by Crippen LogP contribution is -2.46. The second-order valence-electron chi connectivity index (χ2n) is 6.00. The van der Waals surface area contributed by atoms with Gasteiger partial charge < -0.3 is 9.47 Å². The summed E-state index contributed by atoms with van der Waals surface area (Å²) in [6.45, 7) is 0.504. The highest BCUT2D eigenvalue weighted by atomic mass is 33.1. The van der Waals surface area contributed by atoms with Crippen LogP contribution in [0.4, 0.5) is 0 Å². The van der Waals surface area contributed by atoms with Crippen molar-refractivity contribution >= 4 is 44.9 Å². The van der Waals surface area contributed by atoms with Crippen molar-refractivity contribution in [3.05, 3.63) is 59.7 Å². The van der Waals surface area contributed by atoms with Gasteiger partial charge in [0.15, 0.2) is 19.7 Å². The molecular weight excluding hydrogens is 376 g/mol. The third-order valence-corrected chi connectivity index (χ3v) is 10.5. The lowest BCUT2D eigenvalue weighted by Gasteiger charge is -2.34. The molecule has 0 aromatic heterocycles.